The van der Waals surface area contributed by atoms with E-state index in [4.69, 9.17) is 20.9 Å². The molecular weight excluding hydrogens is 531 g/mol. The van der Waals surface area contributed by atoms with Crippen molar-refractivity contribution in [2.75, 3.05) is 39.9 Å². The Kier molecular flexibility index (Phi) is 11.0. The largest absolute Gasteiger partial charge is 0.379 e. The van der Waals surface area contributed by atoms with Gasteiger partial charge in [0.2, 0.25) is 11.7 Å². The fourth-order valence-electron chi connectivity index (χ4n) is 3.49. The number of rotatable bonds is 8. The fraction of sp³-hybridized carbons (Fsp3) is 0.571. The molecule has 1 aliphatic heterocycles. The van der Waals surface area contributed by atoms with Gasteiger partial charge in [-0.3, -0.25) is 9.89 Å². The van der Waals surface area contributed by atoms with E-state index >= 15 is 0 Å². The average molecular weight is 563 g/mol. The third kappa shape index (κ3) is 8.21. The molecule has 2 heterocycles. The van der Waals surface area contributed by atoms with Gasteiger partial charge in [-0.1, -0.05) is 30.6 Å². The van der Waals surface area contributed by atoms with E-state index in [9.17, 15) is 0 Å². The van der Waals surface area contributed by atoms with Crippen LogP contribution in [0.5, 0.6) is 0 Å². The van der Waals surface area contributed by atoms with Crippen LogP contribution in [0.1, 0.15) is 26.2 Å². The minimum absolute atomic E-state index is 0. The van der Waals surface area contributed by atoms with E-state index < -0.39 is 0 Å². The molecule has 1 unspecified atom stereocenters. The number of hydrogen-bond donors (Lipinski definition) is 2. The van der Waals surface area contributed by atoms with Crippen molar-refractivity contribution in [3.05, 3.63) is 35.2 Å². The number of benzene rings is 1. The smallest absolute Gasteiger partial charge is 0.246 e. The van der Waals surface area contributed by atoms with Crippen molar-refractivity contribution < 1.29 is 9.26 Å². The number of nitrogens with one attached hydrogen (secondary N) is 2. The quantitative estimate of drug-likeness (QED) is 0.290. The van der Waals surface area contributed by atoms with E-state index in [1.54, 1.807) is 19.2 Å². The maximum absolute atomic E-state index is 5.93. The van der Waals surface area contributed by atoms with Gasteiger partial charge in [0.25, 0.3) is 0 Å². The second kappa shape index (κ2) is 13.2. The van der Waals surface area contributed by atoms with Gasteiger partial charge in [-0.2, -0.15) is 4.98 Å². The Morgan fingerprint density at radius 2 is 1.90 bits per heavy atom. The highest BCUT2D eigenvalue weighted by molar-refractivity contribution is 14.0. The standard InChI is InChI=1S/C21H31ClN6O2.HI/c1-15(2)12-18(28-8-10-29-11-9-28)13-24-21(23-3)25-14-19-26-20(27-30-19)16-4-6-17(22)7-5-16;/h4-7,15,18H,8-14H2,1-3H3,(H2,23,24,25);1H. The summed E-state index contributed by atoms with van der Waals surface area (Å²) >= 11 is 5.93. The predicted molar refractivity (Wildman–Crippen MR) is 134 cm³/mol. The van der Waals surface area contributed by atoms with Gasteiger partial charge in [-0.25, -0.2) is 0 Å². The van der Waals surface area contributed by atoms with E-state index in [1.807, 2.05) is 12.1 Å². The first-order valence-corrected chi connectivity index (χ1v) is 10.8. The third-order valence-electron chi connectivity index (χ3n) is 5.01. The van der Waals surface area contributed by atoms with E-state index in [-0.39, 0.29) is 24.0 Å². The summed E-state index contributed by atoms with van der Waals surface area (Å²) in [5, 5.41) is 11.4. The number of guanidine groups is 1. The Morgan fingerprint density at radius 1 is 1.19 bits per heavy atom. The van der Waals surface area contributed by atoms with Crippen molar-refractivity contribution in [1.82, 2.24) is 25.7 Å². The lowest BCUT2D eigenvalue weighted by Gasteiger charge is -2.35. The normalized spacial score (nSPS) is 16.1. The van der Waals surface area contributed by atoms with Gasteiger partial charge in [0.15, 0.2) is 5.96 Å². The number of aliphatic imine (C=N–C) groups is 1. The first-order valence-electron chi connectivity index (χ1n) is 10.4. The summed E-state index contributed by atoms with van der Waals surface area (Å²) in [4.78, 5) is 11.3. The summed E-state index contributed by atoms with van der Waals surface area (Å²) in [6, 6.07) is 7.78. The molecule has 1 aromatic heterocycles. The van der Waals surface area contributed by atoms with Crippen LogP contribution >= 0.6 is 35.6 Å². The topological polar surface area (TPSA) is 87.8 Å². The number of hydrogen-bond acceptors (Lipinski definition) is 6. The van der Waals surface area contributed by atoms with Gasteiger partial charge in [-0.05, 0) is 36.6 Å². The summed E-state index contributed by atoms with van der Waals surface area (Å²) in [7, 11) is 1.76. The minimum Gasteiger partial charge on any atom is -0.379 e. The highest BCUT2D eigenvalue weighted by Crippen LogP contribution is 2.18. The van der Waals surface area contributed by atoms with Crippen LogP contribution in [0, 0.1) is 5.92 Å². The van der Waals surface area contributed by atoms with E-state index in [2.05, 4.69) is 44.5 Å². The van der Waals surface area contributed by atoms with Crippen molar-refractivity contribution in [3.8, 4) is 11.4 Å². The van der Waals surface area contributed by atoms with Crippen molar-refractivity contribution in [1.29, 1.82) is 0 Å². The molecular formula is C21H32ClIN6O2. The van der Waals surface area contributed by atoms with Crippen molar-refractivity contribution >= 4 is 41.5 Å². The Hall–Kier alpha value is -1.43. The zero-order chi connectivity index (χ0) is 21.3. The van der Waals surface area contributed by atoms with E-state index in [0.29, 0.717) is 41.2 Å². The molecule has 0 spiro atoms. The van der Waals surface area contributed by atoms with E-state index in [0.717, 1.165) is 44.8 Å². The number of aromatic nitrogens is 2. The lowest BCUT2D eigenvalue weighted by Crippen LogP contribution is -2.51. The predicted octanol–water partition coefficient (Wildman–Crippen LogP) is 3.42. The summed E-state index contributed by atoms with van der Waals surface area (Å²) in [6.07, 6.45) is 1.12. The van der Waals surface area contributed by atoms with Crippen LogP contribution in [0.2, 0.25) is 5.02 Å². The highest BCUT2D eigenvalue weighted by atomic mass is 127. The Bertz CT molecular complexity index is 808. The van der Waals surface area contributed by atoms with Crippen LogP contribution in [0.25, 0.3) is 11.4 Å². The van der Waals surface area contributed by atoms with Crippen LogP contribution in [0.3, 0.4) is 0 Å². The average Bonchev–Trinajstić information content (AvgIpc) is 3.23. The summed E-state index contributed by atoms with van der Waals surface area (Å²) < 4.78 is 10.9. The molecule has 1 atom stereocenters. The second-order valence-electron chi connectivity index (χ2n) is 7.76. The second-order valence-corrected chi connectivity index (χ2v) is 8.19. The molecule has 2 aromatic rings. The van der Waals surface area contributed by atoms with Gasteiger partial charge in [-0.15, -0.1) is 24.0 Å². The molecule has 0 radical (unpaired) electrons. The molecule has 1 fully saturated rings. The molecule has 172 valence electrons. The molecule has 3 rings (SSSR count). The van der Waals surface area contributed by atoms with Gasteiger partial charge < -0.3 is 19.9 Å². The lowest BCUT2D eigenvalue weighted by atomic mass is 10.0. The highest BCUT2D eigenvalue weighted by Gasteiger charge is 2.22. The zero-order valence-electron chi connectivity index (χ0n) is 18.3. The van der Waals surface area contributed by atoms with Gasteiger partial charge in [0.05, 0.1) is 19.8 Å². The number of nitrogens with zero attached hydrogens (tertiary/aromatic N) is 4. The summed E-state index contributed by atoms with van der Waals surface area (Å²) in [5.41, 5.74) is 0.860. The van der Waals surface area contributed by atoms with Gasteiger partial charge >= 0.3 is 0 Å². The first kappa shape index (κ1) is 25.8. The Labute approximate surface area is 206 Å². The van der Waals surface area contributed by atoms with Crippen LogP contribution in [-0.2, 0) is 11.3 Å². The maximum atomic E-state index is 5.93. The summed E-state index contributed by atoms with van der Waals surface area (Å²) in [6.45, 7) is 9.28. The Morgan fingerprint density at radius 3 is 2.55 bits per heavy atom. The monoisotopic (exact) mass is 562 g/mol. The number of halogens is 2. The molecule has 2 N–H and O–H groups in total. The van der Waals surface area contributed by atoms with Gasteiger partial charge in [0, 0.05) is 43.3 Å². The van der Waals surface area contributed by atoms with Crippen molar-refractivity contribution in [2.45, 2.75) is 32.9 Å². The van der Waals surface area contributed by atoms with Gasteiger partial charge in [0.1, 0.15) is 0 Å². The molecule has 31 heavy (non-hydrogen) atoms. The summed E-state index contributed by atoms with van der Waals surface area (Å²) in [5.74, 6) is 2.37. The molecule has 1 saturated heterocycles. The van der Waals surface area contributed by atoms with Crippen LogP contribution in [0.4, 0.5) is 0 Å². The number of ether oxygens (including phenoxy) is 1. The maximum Gasteiger partial charge on any atom is 0.246 e. The van der Waals surface area contributed by atoms with Crippen LogP contribution in [0.15, 0.2) is 33.8 Å². The molecule has 1 aliphatic rings. The molecule has 1 aromatic carbocycles. The molecule has 0 amide bonds. The third-order valence-corrected chi connectivity index (χ3v) is 5.26. The number of morpholine rings is 1. The molecule has 0 saturated carbocycles. The lowest BCUT2D eigenvalue weighted by molar-refractivity contribution is 0.0132. The zero-order valence-corrected chi connectivity index (χ0v) is 21.4. The molecule has 0 aliphatic carbocycles. The van der Waals surface area contributed by atoms with E-state index in [1.165, 1.54) is 0 Å². The van der Waals surface area contributed by atoms with Crippen LogP contribution < -0.4 is 10.6 Å². The molecule has 0 bridgehead atoms. The van der Waals surface area contributed by atoms with Crippen molar-refractivity contribution in [3.63, 3.8) is 0 Å². The fourth-order valence-corrected chi connectivity index (χ4v) is 3.61. The van der Waals surface area contributed by atoms with Crippen LogP contribution in [-0.4, -0.2) is 66.9 Å². The van der Waals surface area contributed by atoms with Crippen molar-refractivity contribution in [2.24, 2.45) is 10.9 Å². The Balaban J connectivity index is 0.00000341. The SMILES string of the molecule is CN=C(NCc1nc(-c2ccc(Cl)cc2)no1)NCC(CC(C)C)N1CCOCC1.I. The first-order chi connectivity index (χ1) is 14.5. The molecule has 8 nitrogen and oxygen atoms in total. The molecule has 10 heteroatoms. The minimum atomic E-state index is 0.